The minimum atomic E-state index is -1.53. The van der Waals surface area contributed by atoms with Gasteiger partial charge in [0.25, 0.3) is 0 Å². The van der Waals surface area contributed by atoms with E-state index in [1.54, 1.807) is 0 Å². The molecule has 0 bridgehead atoms. The summed E-state index contributed by atoms with van der Waals surface area (Å²) in [4.78, 5) is 51.8. The summed E-state index contributed by atoms with van der Waals surface area (Å²) in [6.07, 6.45) is -1.41. The second kappa shape index (κ2) is 7.21. The lowest BCUT2D eigenvalue weighted by Crippen LogP contribution is -2.72. The van der Waals surface area contributed by atoms with Gasteiger partial charge >= 0.3 is 17.9 Å². The lowest BCUT2D eigenvalue weighted by Gasteiger charge is -2.64. The highest BCUT2D eigenvalue weighted by Crippen LogP contribution is 2.78. The SMILES string of the molecule is COC(=O)CC1OC(C)(C)C2CC(=O)C3(C)C(CCC4(C)C(C5=CC(=O)OC5O)OC(=O)C5OC543)C12C. The van der Waals surface area contributed by atoms with E-state index in [1.807, 2.05) is 27.7 Å². The number of methoxy groups -OCH3 is 1. The van der Waals surface area contributed by atoms with Gasteiger partial charge in [-0.15, -0.1) is 0 Å². The van der Waals surface area contributed by atoms with Crippen LogP contribution in [0.5, 0.6) is 0 Å². The number of carbonyl (C=O) groups excluding carboxylic acids is 4. The summed E-state index contributed by atoms with van der Waals surface area (Å²) < 4.78 is 28.5. The predicted molar refractivity (Wildman–Crippen MR) is 123 cm³/mol. The maximum atomic E-state index is 14.3. The summed E-state index contributed by atoms with van der Waals surface area (Å²) in [6, 6.07) is 0. The summed E-state index contributed by atoms with van der Waals surface area (Å²) in [6.45, 7) is 9.81. The van der Waals surface area contributed by atoms with E-state index in [0.717, 1.165) is 0 Å². The summed E-state index contributed by atoms with van der Waals surface area (Å²) in [5.41, 5.74) is -4.24. The number of fused-ring (bicyclic) bond motifs is 3. The Bertz CT molecular complexity index is 1160. The lowest BCUT2D eigenvalue weighted by molar-refractivity contribution is -0.208. The van der Waals surface area contributed by atoms with E-state index < -0.39 is 64.0 Å². The maximum Gasteiger partial charge on any atom is 0.339 e. The van der Waals surface area contributed by atoms with Gasteiger partial charge in [-0.25, -0.2) is 9.59 Å². The summed E-state index contributed by atoms with van der Waals surface area (Å²) in [7, 11) is 1.35. The maximum absolute atomic E-state index is 14.3. The van der Waals surface area contributed by atoms with Crippen molar-refractivity contribution in [3.8, 4) is 0 Å². The number of hydrogen-bond acceptors (Lipinski definition) is 10. The summed E-state index contributed by atoms with van der Waals surface area (Å²) in [5, 5.41) is 10.4. The van der Waals surface area contributed by atoms with E-state index in [-0.39, 0.29) is 42.0 Å². The Morgan fingerprint density at radius 3 is 2.38 bits per heavy atom. The molecule has 1 N–H and O–H groups in total. The molecule has 10 heteroatoms. The molecule has 5 fully saturated rings. The molecule has 10 nitrogen and oxygen atoms in total. The third kappa shape index (κ3) is 2.71. The quantitative estimate of drug-likeness (QED) is 0.333. The second-order valence-corrected chi connectivity index (χ2v) is 12.7. The van der Waals surface area contributed by atoms with Crippen LogP contribution in [0.3, 0.4) is 0 Å². The minimum Gasteiger partial charge on any atom is -0.469 e. The first kappa shape index (κ1) is 25.0. The Balaban J connectivity index is 1.48. The lowest BCUT2D eigenvalue weighted by atomic mass is 9.37. The van der Waals surface area contributed by atoms with Crippen molar-refractivity contribution in [1.82, 2.24) is 0 Å². The van der Waals surface area contributed by atoms with Crippen molar-refractivity contribution >= 4 is 23.7 Å². The molecule has 0 aromatic heterocycles. The molecule has 10 atom stereocenters. The summed E-state index contributed by atoms with van der Waals surface area (Å²) >= 11 is 0. The highest BCUT2D eigenvalue weighted by molar-refractivity contribution is 5.94. The van der Waals surface area contributed by atoms with Crippen LogP contribution in [0, 0.1) is 28.1 Å². The van der Waals surface area contributed by atoms with Crippen molar-refractivity contribution in [3.05, 3.63) is 11.6 Å². The number of epoxide rings is 1. The normalized spacial score (nSPS) is 51.1. The van der Waals surface area contributed by atoms with E-state index in [4.69, 9.17) is 23.7 Å². The highest BCUT2D eigenvalue weighted by Gasteiger charge is 2.89. The van der Waals surface area contributed by atoms with Gasteiger partial charge in [0, 0.05) is 34.8 Å². The van der Waals surface area contributed by atoms with Crippen LogP contribution < -0.4 is 0 Å². The number of cyclic esters (lactones) is 2. The Kier molecular flexibility index (Phi) is 4.87. The van der Waals surface area contributed by atoms with Gasteiger partial charge in [-0.1, -0.05) is 13.8 Å². The molecule has 4 aliphatic heterocycles. The topological polar surface area (TPSA) is 138 Å². The fourth-order valence-electron chi connectivity index (χ4n) is 9.37. The molecular weight excluding hydrogens is 484 g/mol. The van der Waals surface area contributed by atoms with Crippen LogP contribution in [0.4, 0.5) is 0 Å². The van der Waals surface area contributed by atoms with Gasteiger partial charge in [-0.05, 0) is 39.5 Å². The van der Waals surface area contributed by atoms with E-state index in [2.05, 4.69) is 6.92 Å². The smallest absolute Gasteiger partial charge is 0.339 e. The van der Waals surface area contributed by atoms with Crippen LogP contribution in [-0.4, -0.2) is 71.7 Å². The number of aliphatic hydroxyl groups is 1. The van der Waals surface area contributed by atoms with E-state index >= 15 is 0 Å². The first-order valence-electron chi connectivity index (χ1n) is 12.9. The average molecular weight is 519 g/mol. The van der Waals surface area contributed by atoms with Crippen molar-refractivity contribution in [3.63, 3.8) is 0 Å². The minimum absolute atomic E-state index is 0.00878. The van der Waals surface area contributed by atoms with E-state index in [0.29, 0.717) is 12.8 Å². The van der Waals surface area contributed by atoms with Crippen molar-refractivity contribution in [2.45, 2.75) is 96.1 Å². The third-order valence-corrected chi connectivity index (χ3v) is 11.0. The first-order valence-corrected chi connectivity index (χ1v) is 12.9. The van der Waals surface area contributed by atoms with Gasteiger partial charge in [-0.2, -0.15) is 0 Å². The van der Waals surface area contributed by atoms with E-state index in [9.17, 15) is 24.3 Å². The predicted octanol–water partition coefficient (Wildman–Crippen LogP) is 1.61. The van der Waals surface area contributed by atoms with Crippen LogP contribution in [0.25, 0.3) is 0 Å². The summed E-state index contributed by atoms with van der Waals surface area (Å²) in [5.74, 6) is -2.12. The Morgan fingerprint density at radius 2 is 1.76 bits per heavy atom. The molecule has 0 amide bonds. The molecule has 0 aromatic carbocycles. The number of ketones is 1. The number of rotatable bonds is 3. The number of Topliss-reactive ketones (excluding diaryl/α,β-unsaturated/α-hetero) is 1. The molecule has 6 aliphatic rings. The fraction of sp³-hybridized carbons (Fsp3) is 0.778. The fourth-order valence-corrected chi connectivity index (χ4v) is 9.37. The van der Waals surface area contributed by atoms with Gasteiger partial charge in [-0.3, -0.25) is 9.59 Å². The number of hydrogen-bond donors (Lipinski definition) is 1. The number of ether oxygens (including phenoxy) is 5. The largest absolute Gasteiger partial charge is 0.469 e. The number of carbonyl (C=O) groups is 4. The van der Waals surface area contributed by atoms with Crippen LogP contribution in [0.15, 0.2) is 11.6 Å². The van der Waals surface area contributed by atoms with Gasteiger partial charge in [0.15, 0.2) is 6.10 Å². The molecule has 0 aromatic rings. The van der Waals surface area contributed by atoms with Crippen molar-refractivity contribution < 1.29 is 48.0 Å². The van der Waals surface area contributed by atoms with Crippen LogP contribution in [0.1, 0.15) is 60.3 Å². The number of esters is 3. The molecule has 2 aliphatic carbocycles. The average Bonchev–Trinajstić information content (AvgIpc) is 3.47. The monoisotopic (exact) mass is 518 g/mol. The van der Waals surface area contributed by atoms with Crippen LogP contribution >= 0.6 is 0 Å². The zero-order chi connectivity index (χ0) is 26.9. The molecule has 1 spiro atoms. The van der Waals surface area contributed by atoms with Gasteiger partial charge in [0.1, 0.15) is 17.5 Å². The first-order chi connectivity index (χ1) is 17.2. The Labute approximate surface area is 215 Å². The van der Waals surface area contributed by atoms with Gasteiger partial charge in [0.05, 0.1) is 30.7 Å². The second-order valence-electron chi connectivity index (χ2n) is 12.7. The Morgan fingerprint density at radius 1 is 1.05 bits per heavy atom. The Hall–Kier alpha value is -2.30. The molecule has 6 rings (SSSR count). The van der Waals surface area contributed by atoms with Crippen LogP contribution in [0.2, 0.25) is 0 Å². The number of aliphatic hydroxyl groups excluding tert-OH is 1. The molecule has 3 saturated heterocycles. The van der Waals surface area contributed by atoms with Crippen molar-refractivity contribution in [1.29, 1.82) is 0 Å². The van der Waals surface area contributed by atoms with Crippen molar-refractivity contribution in [2.75, 3.05) is 7.11 Å². The van der Waals surface area contributed by atoms with Crippen LogP contribution in [-0.2, 0) is 42.9 Å². The van der Waals surface area contributed by atoms with E-state index in [1.165, 1.54) is 13.2 Å². The van der Waals surface area contributed by atoms with Crippen molar-refractivity contribution in [2.24, 2.45) is 28.1 Å². The zero-order valence-electron chi connectivity index (χ0n) is 22.0. The molecule has 10 unspecified atom stereocenters. The van der Waals surface area contributed by atoms with Gasteiger partial charge < -0.3 is 28.8 Å². The molecule has 0 radical (unpaired) electrons. The third-order valence-electron chi connectivity index (χ3n) is 11.0. The molecular formula is C27H34O10. The highest BCUT2D eigenvalue weighted by atomic mass is 16.7. The van der Waals surface area contributed by atoms with Gasteiger partial charge in [0.2, 0.25) is 6.29 Å². The molecule has 202 valence electrons. The standard InChI is InChI=1S/C27H34O10/c1-23(2)14-10-15(28)26(5)13(25(14,4)16(36-23)11-17(29)33-6)7-8-24(3)19(12-9-18(30)34-21(12)31)35-22(32)20-27(24,26)37-20/h9,13-14,16,19-21,31H,7-8,10-11H2,1-6H3. The molecule has 2 saturated carbocycles. The zero-order valence-corrected chi connectivity index (χ0v) is 22.0. The molecule has 37 heavy (non-hydrogen) atoms. The molecule has 4 heterocycles.